The molecule has 4 heteroatoms. The molecule has 0 radical (unpaired) electrons. The largest absolute Gasteiger partial charge is 0.360 e. The van der Waals surface area contributed by atoms with E-state index in [4.69, 9.17) is 4.52 Å². The molecule has 1 fully saturated rings. The van der Waals surface area contributed by atoms with Gasteiger partial charge in [0, 0.05) is 6.07 Å². The summed E-state index contributed by atoms with van der Waals surface area (Å²) in [6.07, 6.45) is 4.31. The molecule has 1 saturated heterocycles. The van der Waals surface area contributed by atoms with Crippen molar-refractivity contribution in [1.82, 2.24) is 15.8 Å². The molecule has 1 unspecified atom stereocenters. The highest BCUT2D eigenvalue weighted by atomic mass is 16.5. The Labute approximate surface area is 84.0 Å². The first-order valence-corrected chi connectivity index (χ1v) is 5.26. The van der Waals surface area contributed by atoms with Crippen molar-refractivity contribution in [3.63, 3.8) is 0 Å². The van der Waals surface area contributed by atoms with Crippen LogP contribution in [0.2, 0.25) is 0 Å². The summed E-state index contributed by atoms with van der Waals surface area (Å²) in [7, 11) is 0. The predicted molar refractivity (Wildman–Crippen MR) is 53.8 cm³/mol. The van der Waals surface area contributed by atoms with E-state index in [-0.39, 0.29) is 0 Å². The number of nitrogens with zero attached hydrogens (tertiary/aromatic N) is 1. The maximum Gasteiger partial charge on any atom is 0.150 e. The summed E-state index contributed by atoms with van der Waals surface area (Å²) in [5.41, 5.74) is 0. The van der Waals surface area contributed by atoms with Crippen LogP contribution >= 0.6 is 0 Å². The zero-order valence-electron chi connectivity index (χ0n) is 8.33. The fourth-order valence-electron chi connectivity index (χ4n) is 1.83. The number of rotatable bonds is 4. The quantitative estimate of drug-likeness (QED) is 0.745. The molecule has 2 N–H and O–H groups in total. The standard InChI is InChI=1S/C10H17N3O/c1-2-9(6-11-4-1)7-12-8-10-3-5-13-14-10/h3,5,9,11-12H,1-2,4,6-8H2. The lowest BCUT2D eigenvalue weighted by Gasteiger charge is -2.22. The average Bonchev–Trinajstić information content (AvgIpc) is 2.72. The lowest BCUT2D eigenvalue weighted by molar-refractivity contribution is 0.338. The molecule has 1 aromatic rings. The lowest BCUT2D eigenvalue weighted by atomic mass is 10.00. The highest BCUT2D eigenvalue weighted by molar-refractivity contribution is 4.91. The van der Waals surface area contributed by atoms with Crippen molar-refractivity contribution in [2.24, 2.45) is 5.92 Å². The van der Waals surface area contributed by atoms with Gasteiger partial charge in [0.15, 0.2) is 0 Å². The number of hydrogen-bond acceptors (Lipinski definition) is 4. The van der Waals surface area contributed by atoms with Crippen LogP contribution in [-0.2, 0) is 6.54 Å². The van der Waals surface area contributed by atoms with Crippen LogP contribution < -0.4 is 10.6 Å². The number of aromatic nitrogens is 1. The van der Waals surface area contributed by atoms with E-state index >= 15 is 0 Å². The molecule has 1 atom stereocenters. The topological polar surface area (TPSA) is 50.1 Å². The minimum absolute atomic E-state index is 0.770. The third-order valence-corrected chi connectivity index (χ3v) is 2.62. The Morgan fingerprint density at radius 1 is 1.64 bits per heavy atom. The first-order chi connectivity index (χ1) is 6.95. The highest BCUT2D eigenvalue weighted by Crippen LogP contribution is 2.08. The van der Waals surface area contributed by atoms with E-state index in [1.165, 1.54) is 19.4 Å². The van der Waals surface area contributed by atoms with Gasteiger partial charge in [-0.15, -0.1) is 0 Å². The third kappa shape index (κ3) is 2.82. The molecule has 2 rings (SSSR count). The van der Waals surface area contributed by atoms with Crippen LogP contribution in [-0.4, -0.2) is 24.8 Å². The molecular formula is C10H17N3O. The lowest BCUT2D eigenvalue weighted by Crippen LogP contribution is -2.35. The average molecular weight is 195 g/mol. The Hall–Kier alpha value is -0.870. The summed E-state index contributed by atoms with van der Waals surface area (Å²) in [4.78, 5) is 0. The first-order valence-electron chi connectivity index (χ1n) is 5.26. The number of piperidine rings is 1. The number of hydrogen-bond donors (Lipinski definition) is 2. The van der Waals surface area contributed by atoms with Gasteiger partial charge in [0.2, 0.25) is 0 Å². The van der Waals surface area contributed by atoms with Crippen LogP contribution in [0.4, 0.5) is 0 Å². The molecule has 0 aromatic carbocycles. The molecule has 0 spiro atoms. The van der Waals surface area contributed by atoms with Gasteiger partial charge in [0.1, 0.15) is 5.76 Å². The SMILES string of the molecule is c1cc(CNCC2CCCNC2)on1. The summed E-state index contributed by atoms with van der Waals surface area (Å²) in [6, 6.07) is 1.89. The zero-order valence-corrected chi connectivity index (χ0v) is 8.33. The third-order valence-electron chi connectivity index (χ3n) is 2.62. The maximum absolute atomic E-state index is 4.99. The second kappa shape index (κ2) is 5.12. The van der Waals surface area contributed by atoms with Crippen LogP contribution in [0.3, 0.4) is 0 Å². The molecule has 0 amide bonds. The smallest absolute Gasteiger partial charge is 0.150 e. The van der Waals surface area contributed by atoms with Gasteiger partial charge < -0.3 is 15.2 Å². The van der Waals surface area contributed by atoms with E-state index in [1.807, 2.05) is 6.07 Å². The molecular weight excluding hydrogens is 178 g/mol. The molecule has 0 saturated carbocycles. The highest BCUT2D eigenvalue weighted by Gasteiger charge is 2.12. The minimum Gasteiger partial charge on any atom is -0.360 e. The fourth-order valence-corrected chi connectivity index (χ4v) is 1.83. The monoisotopic (exact) mass is 195 g/mol. The van der Waals surface area contributed by atoms with E-state index in [0.29, 0.717) is 0 Å². The van der Waals surface area contributed by atoms with Gasteiger partial charge in [-0.3, -0.25) is 0 Å². The Morgan fingerprint density at radius 2 is 2.64 bits per heavy atom. The molecule has 0 aliphatic carbocycles. The molecule has 1 aromatic heterocycles. The predicted octanol–water partition coefficient (Wildman–Crippen LogP) is 0.764. The first kappa shape index (κ1) is 9.68. The van der Waals surface area contributed by atoms with Crippen molar-refractivity contribution in [3.8, 4) is 0 Å². The Kier molecular flexibility index (Phi) is 3.54. The number of nitrogens with one attached hydrogen (secondary N) is 2. The minimum atomic E-state index is 0.770. The van der Waals surface area contributed by atoms with Crippen LogP contribution in [0.15, 0.2) is 16.8 Å². The van der Waals surface area contributed by atoms with E-state index in [0.717, 1.165) is 31.3 Å². The summed E-state index contributed by atoms with van der Waals surface area (Å²) in [5.74, 6) is 1.68. The van der Waals surface area contributed by atoms with Crippen LogP contribution in [0.5, 0.6) is 0 Å². The molecule has 0 bridgehead atoms. The second-order valence-electron chi connectivity index (χ2n) is 3.82. The van der Waals surface area contributed by atoms with Crippen LogP contribution in [0, 0.1) is 5.92 Å². The summed E-state index contributed by atoms with van der Waals surface area (Å²) in [6.45, 7) is 4.17. The van der Waals surface area contributed by atoms with Crippen molar-refractivity contribution in [2.75, 3.05) is 19.6 Å². The molecule has 1 aliphatic rings. The second-order valence-corrected chi connectivity index (χ2v) is 3.82. The maximum atomic E-state index is 4.99. The molecule has 1 aliphatic heterocycles. The van der Waals surface area contributed by atoms with Crippen molar-refractivity contribution >= 4 is 0 Å². The van der Waals surface area contributed by atoms with Crippen LogP contribution in [0.1, 0.15) is 18.6 Å². The van der Waals surface area contributed by atoms with Crippen molar-refractivity contribution in [3.05, 3.63) is 18.0 Å². The van der Waals surface area contributed by atoms with Gasteiger partial charge in [-0.25, -0.2) is 0 Å². The Balaban J connectivity index is 1.62. The van der Waals surface area contributed by atoms with E-state index in [9.17, 15) is 0 Å². The molecule has 78 valence electrons. The molecule has 14 heavy (non-hydrogen) atoms. The summed E-state index contributed by atoms with van der Waals surface area (Å²) >= 11 is 0. The normalized spacial score (nSPS) is 22.4. The van der Waals surface area contributed by atoms with Gasteiger partial charge in [-0.1, -0.05) is 5.16 Å². The fraction of sp³-hybridized carbons (Fsp3) is 0.700. The van der Waals surface area contributed by atoms with Gasteiger partial charge in [-0.05, 0) is 38.4 Å². The van der Waals surface area contributed by atoms with Gasteiger partial charge in [0.25, 0.3) is 0 Å². The van der Waals surface area contributed by atoms with Gasteiger partial charge in [0.05, 0.1) is 12.7 Å². The Bertz CT molecular complexity index is 242. The zero-order chi connectivity index (χ0) is 9.64. The van der Waals surface area contributed by atoms with E-state index in [1.54, 1.807) is 6.20 Å². The summed E-state index contributed by atoms with van der Waals surface area (Å²) < 4.78 is 4.99. The molecule has 2 heterocycles. The van der Waals surface area contributed by atoms with Crippen LogP contribution in [0.25, 0.3) is 0 Å². The van der Waals surface area contributed by atoms with Crippen molar-refractivity contribution in [1.29, 1.82) is 0 Å². The Morgan fingerprint density at radius 3 is 3.36 bits per heavy atom. The van der Waals surface area contributed by atoms with Gasteiger partial charge >= 0.3 is 0 Å². The van der Waals surface area contributed by atoms with Gasteiger partial charge in [-0.2, -0.15) is 0 Å². The van der Waals surface area contributed by atoms with E-state index in [2.05, 4.69) is 15.8 Å². The van der Waals surface area contributed by atoms with Crippen molar-refractivity contribution in [2.45, 2.75) is 19.4 Å². The molecule has 4 nitrogen and oxygen atoms in total. The van der Waals surface area contributed by atoms with E-state index < -0.39 is 0 Å². The summed E-state index contributed by atoms with van der Waals surface area (Å²) in [5, 5.41) is 10.4. The van der Waals surface area contributed by atoms with Crippen molar-refractivity contribution < 1.29 is 4.52 Å².